The number of ether oxygens (including phenoxy) is 1. The number of carbonyl (C=O) groups is 1. The van der Waals surface area contributed by atoms with E-state index in [1.165, 1.54) is 6.07 Å². The standard InChI is InChI=1S/C18H21FN4O2/c1-11-13(4-3-5-14(11)19)18(24)23-15-7-9-25-10-16(15)22-17-6-8-20-12(2)21-17/h3-6,8,15-16H,7,9-10H2,1-2H3,(H,23,24)(H,20,21,22)/t15-,16+/m0/s1. The van der Waals surface area contributed by atoms with Crippen molar-refractivity contribution in [2.45, 2.75) is 32.4 Å². The van der Waals surface area contributed by atoms with Gasteiger partial charge < -0.3 is 15.4 Å². The number of nitrogens with one attached hydrogen (secondary N) is 2. The normalized spacial score (nSPS) is 20.1. The van der Waals surface area contributed by atoms with Gasteiger partial charge in [-0.25, -0.2) is 14.4 Å². The number of anilines is 1. The highest BCUT2D eigenvalue weighted by atomic mass is 19.1. The Morgan fingerprint density at radius 2 is 2.12 bits per heavy atom. The predicted octanol–water partition coefficient (Wildman–Crippen LogP) is 2.23. The third-order valence-electron chi connectivity index (χ3n) is 4.29. The maximum Gasteiger partial charge on any atom is 0.251 e. The van der Waals surface area contributed by atoms with Crippen LogP contribution in [0.25, 0.3) is 0 Å². The lowest BCUT2D eigenvalue weighted by atomic mass is 10.0. The van der Waals surface area contributed by atoms with Crippen LogP contribution in [0.15, 0.2) is 30.5 Å². The van der Waals surface area contributed by atoms with Crippen LogP contribution in [0.2, 0.25) is 0 Å². The van der Waals surface area contributed by atoms with Crippen LogP contribution in [0.5, 0.6) is 0 Å². The lowest BCUT2D eigenvalue weighted by Crippen LogP contribution is -2.52. The zero-order valence-electron chi connectivity index (χ0n) is 14.3. The van der Waals surface area contributed by atoms with Gasteiger partial charge in [0.1, 0.15) is 17.5 Å². The second-order valence-corrected chi connectivity index (χ2v) is 6.10. The topological polar surface area (TPSA) is 76.1 Å². The molecule has 132 valence electrons. The van der Waals surface area contributed by atoms with Crippen LogP contribution in [0.1, 0.15) is 28.2 Å². The van der Waals surface area contributed by atoms with Crippen molar-refractivity contribution < 1.29 is 13.9 Å². The number of aromatic nitrogens is 2. The van der Waals surface area contributed by atoms with Crippen LogP contribution in [0.3, 0.4) is 0 Å². The Bertz CT molecular complexity index is 768. The Labute approximate surface area is 145 Å². The van der Waals surface area contributed by atoms with Gasteiger partial charge in [-0.15, -0.1) is 0 Å². The molecule has 2 heterocycles. The number of nitrogens with zero attached hydrogens (tertiary/aromatic N) is 2. The van der Waals surface area contributed by atoms with Crippen molar-refractivity contribution in [3.05, 3.63) is 53.2 Å². The van der Waals surface area contributed by atoms with E-state index in [1.54, 1.807) is 31.3 Å². The molecule has 1 aromatic carbocycles. The molecule has 2 aromatic rings. The highest BCUT2D eigenvalue weighted by molar-refractivity contribution is 5.95. The molecule has 25 heavy (non-hydrogen) atoms. The van der Waals surface area contributed by atoms with E-state index >= 15 is 0 Å². The number of carbonyl (C=O) groups excluding carboxylic acids is 1. The van der Waals surface area contributed by atoms with Gasteiger partial charge in [-0.1, -0.05) is 6.07 Å². The zero-order valence-corrected chi connectivity index (χ0v) is 14.3. The molecule has 1 aromatic heterocycles. The van der Waals surface area contributed by atoms with Crippen molar-refractivity contribution in [2.24, 2.45) is 0 Å². The molecule has 6 nitrogen and oxygen atoms in total. The number of benzene rings is 1. The summed E-state index contributed by atoms with van der Waals surface area (Å²) in [7, 11) is 0. The number of hydrogen-bond acceptors (Lipinski definition) is 5. The van der Waals surface area contributed by atoms with E-state index in [0.29, 0.717) is 42.4 Å². The Morgan fingerprint density at radius 1 is 1.28 bits per heavy atom. The largest absolute Gasteiger partial charge is 0.379 e. The fourth-order valence-electron chi connectivity index (χ4n) is 2.88. The number of amides is 1. The average Bonchev–Trinajstić information content (AvgIpc) is 2.59. The van der Waals surface area contributed by atoms with Crippen molar-refractivity contribution >= 4 is 11.7 Å². The molecule has 1 aliphatic heterocycles. The van der Waals surface area contributed by atoms with E-state index < -0.39 is 0 Å². The lowest BCUT2D eigenvalue weighted by molar-refractivity contribution is 0.0619. The third kappa shape index (κ3) is 4.11. The highest BCUT2D eigenvalue weighted by Gasteiger charge is 2.28. The van der Waals surface area contributed by atoms with Crippen LogP contribution < -0.4 is 10.6 Å². The summed E-state index contributed by atoms with van der Waals surface area (Å²) in [5.41, 5.74) is 0.700. The molecule has 0 radical (unpaired) electrons. The van der Waals surface area contributed by atoms with Gasteiger partial charge in [0.15, 0.2) is 0 Å². The van der Waals surface area contributed by atoms with Crippen LogP contribution >= 0.6 is 0 Å². The molecule has 1 fully saturated rings. The molecular weight excluding hydrogens is 323 g/mol. The van der Waals surface area contributed by atoms with Gasteiger partial charge in [-0.2, -0.15) is 0 Å². The maximum absolute atomic E-state index is 13.7. The molecular formula is C18H21FN4O2. The molecule has 2 N–H and O–H groups in total. The van der Waals surface area contributed by atoms with Gasteiger partial charge in [-0.3, -0.25) is 4.79 Å². The summed E-state index contributed by atoms with van der Waals surface area (Å²) in [6.07, 6.45) is 2.35. The van der Waals surface area contributed by atoms with Gasteiger partial charge in [0.25, 0.3) is 5.91 Å². The first-order valence-electron chi connectivity index (χ1n) is 8.24. The molecule has 0 spiro atoms. The Kier molecular flexibility index (Phi) is 5.23. The van der Waals surface area contributed by atoms with Crippen LogP contribution in [-0.2, 0) is 4.74 Å². The van der Waals surface area contributed by atoms with Crippen molar-refractivity contribution in [1.82, 2.24) is 15.3 Å². The first-order valence-corrected chi connectivity index (χ1v) is 8.24. The van der Waals surface area contributed by atoms with Crippen molar-refractivity contribution in [3.63, 3.8) is 0 Å². The summed E-state index contributed by atoms with van der Waals surface area (Å²) in [5, 5.41) is 6.29. The number of hydrogen-bond donors (Lipinski definition) is 2. The Morgan fingerprint density at radius 3 is 2.92 bits per heavy atom. The average molecular weight is 344 g/mol. The fourth-order valence-corrected chi connectivity index (χ4v) is 2.88. The lowest BCUT2D eigenvalue weighted by Gasteiger charge is -2.33. The molecule has 0 unspecified atom stereocenters. The van der Waals surface area contributed by atoms with Crippen LogP contribution in [0.4, 0.5) is 10.2 Å². The maximum atomic E-state index is 13.7. The van der Waals surface area contributed by atoms with Gasteiger partial charge in [0, 0.05) is 18.4 Å². The minimum absolute atomic E-state index is 0.124. The summed E-state index contributed by atoms with van der Waals surface area (Å²) in [4.78, 5) is 21.0. The van der Waals surface area contributed by atoms with Gasteiger partial charge in [0.05, 0.1) is 18.7 Å². The second kappa shape index (κ2) is 7.57. The molecule has 7 heteroatoms. The summed E-state index contributed by atoms with van der Waals surface area (Å²) in [6, 6.07) is 6.03. The number of aryl methyl sites for hydroxylation is 1. The molecule has 1 saturated heterocycles. The second-order valence-electron chi connectivity index (χ2n) is 6.10. The summed E-state index contributed by atoms with van der Waals surface area (Å²) >= 11 is 0. The van der Waals surface area contributed by atoms with E-state index in [2.05, 4.69) is 20.6 Å². The van der Waals surface area contributed by atoms with E-state index in [4.69, 9.17) is 4.74 Å². The number of halogens is 1. The van der Waals surface area contributed by atoms with E-state index in [9.17, 15) is 9.18 Å². The molecule has 2 atom stereocenters. The van der Waals surface area contributed by atoms with Crippen LogP contribution in [-0.4, -0.2) is 41.2 Å². The quantitative estimate of drug-likeness (QED) is 0.889. The van der Waals surface area contributed by atoms with E-state index in [1.807, 2.05) is 6.92 Å². The monoisotopic (exact) mass is 344 g/mol. The van der Waals surface area contributed by atoms with Crippen molar-refractivity contribution in [1.29, 1.82) is 0 Å². The first-order chi connectivity index (χ1) is 12.0. The van der Waals surface area contributed by atoms with Gasteiger partial charge >= 0.3 is 0 Å². The summed E-state index contributed by atoms with van der Waals surface area (Å²) < 4.78 is 19.2. The molecule has 0 aliphatic carbocycles. The third-order valence-corrected chi connectivity index (χ3v) is 4.29. The minimum atomic E-state index is -0.384. The van der Waals surface area contributed by atoms with Crippen molar-refractivity contribution in [3.8, 4) is 0 Å². The molecule has 1 aliphatic rings. The fraction of sp³-hybridized carbons (Fsp3) is 0.389. The van der Waals surface area contributed by atoms with E-state index in [-0.39, 0.29) is 23.8 Å². The Balaban J connectivity index is 1.72. The number of rotatable bonds is 4. The highest BCUT2D eigenvalue weighted by Crippen LogP contribution is 2.16. The smallest absolute Gasteiger partial charge is 0.251 e. The van der Waals surface area contributed by atoms with Crippen molar-refractivity contribution in [2.75, 3.05) is 18.5 Å². The van der Waals surface area contributed by atoms with Gasteiger partial charge in [0.2, 0.25) is 0 Å². The Hall–Kier alpha value is -2.54. The molecule has 3 rings (SSSR count). The zero-order chi connectivity index (χ0) is 17.8. The van der Waals surface area contributed by atoms with E-state index in [0.717, 1.165) is 0 Å². The van der Waals surface area contributed by atoms with Crippen LogP contribution in [0, 0.1) is 19.7 Å². The predicted molar refractivity (Wildman–Crippen MR) is 92.0 cm³/mol. The summed E-state index contributed by atoms with van der Waals surface area (Å²) in [5.74, 6) is 0.683. The molecule has 1 amide bonds. The molecule has 0 bridgehead atoms. The molecule has 0 saturated carbocycles. The SMILES string of the molecule is Cc1nccc(N[C@@H]2COCC[C@@H]2NC(=O)c2cccc(F)c2C)n1. The first kappa shape index (κ1) is 17.3. The summed E-state index contributed by atoms with van der Waals surface area (Å²) in [6.45, 7) is 4.44. The van der Waals surface area contributed by atoms with Gasteiger partial charge in [-0.05, 0) is 44.0 Å². The minimum Gasteiger partial charge on any atom is -0.379 e.